The van der Waals surface area contributed by atoms with Crippen LogP contribution < -0.4 is 4.74 Å². The number of fused-ring (bicyclic) bond motifs is 1. The van der Waals surface area contributed by atoms with Gasteiger partial charge in [0.2, 0.25) is 0 Å². The molecule has 0 radical (unpaired) electrons. The Kier molecular flexibility index (Phi) is 2.55. The molecule has 1 N–H and O–H groups in total. The van der Waals surface area contributed by atoms with E-state index in [1.54, 1.807) is 0 Å². The van der Waals surface area contributed by atoms with Gasteiger partial charge in [-0.1, -0.05) is 23.5 Å². The Labute approximate surface area is 90.1 Å². The van der Waals surface area contributed by atoms with Crippen LogP contribution in [0.25, 0.3) is 10.2 Å². The van der Waals surface area contributed by atoms with Gasteiger partial charge in [-0.3, -0.25) is 0 Å². The monoisotopic (exact) mass is 223 g/mol. The summed E-state index contributed by atoms with van der Waals surface area (Å²) >= 11 is 1.35. The van der Waals surface area contributed by atoms with E-state index in [0.717, 1.165) is 10.2 Å². The molecule has 5 heteroatoms. The SMILES string of the molecule is CC(Oc1nc2ccccc2s1)C(=O)O. The number of carbonyl (C=O) groups is 1. The van der Waals surface area contributed by atoms with E-state index in [4.69, 9.17) is 9.84 Å². The lowest BCUT2D eigenvalue weighted by Crippen LogP contribution is -2.22. The second-order valence-electron chi connectivity index (χ2n) is 3.05. The molecule has 0 fully saturated rings. The maximum atomic E-state index is 10.6. The highest BCUT2D eigenvalue weighted by atomic mass is 32.1. The minimum Gasteiger partial charge on any atom is -0.479 e. The van der Waals surface area contributed by atoms with Crippen molar-refractivity contribution in [2.45, 2.75) is 13.0 Å². The number of thiazole rings is 1. The molecular formula is C10H9NO3S. The number of carboxylic acids is 1. The molecule has 4 nitrogen and oxygen atoms in total. The highest BCUT2D eigenvalue weighted by Crippen LogP contribution is 2.27. The Balaban J connectivity index is 2.26. The summed E-state index contributed by atoms with van der Waals surface area (Å²) in [7, 11) is 0. The van der Waals surface area contributed by atoms with Crippen molar-refractivity contribution in [2.75, 3.05) is 0 Å². The molecule has 0 aliphatic carbocycles. The molecule has 2 rings (SSSR count). The summed E-state index contributed by atoms with van der Waals surface area (Å²) in [4.78, 5) is 14.7. The van der Waals surface area contributed by atoms with Crippen LogP contribution in [0.4, 0.5) is 0 Å². The fourth-order valence-electron chi connectivity index (χ4n) is 1.10. The number of hydrogen-bond donors (Lipinski definition) is 1. The first-order valence-corrected chi connectivity index (χ1v) is 5.23. The van der Waals surface area contributed by atoms with Crippen LogP contribution in [-0.4, -0.2) is 22.2 Å². The van der Waals surface area contributed by atoms with E-state index >= 15 is 0 Å². The fraction of sp³-hybridized carbons (Fsp3) is 0.200. The van der Waals surface area contributed by atoms with Crippen LogP contribution in [-0.2, 0) is 4.79 Å². The molecule has 2 aromatic rings. The van der Waals surface area contributed by atoms with Crippen molar-refractivity contribution in [1.29, 1.82) is 0 Å². The minimum atomic E-state index is -0.991. The average molecular weight is 223 g/mol. The fourth-order valence-corrected chi connectivity index (χ4v) is 1.99. The number of aliphatic carboxylic acids is 1. The smallest absolute Gasteiger partial charge is 0.344 e. The Morgan fingerprint density at radius 3 is 2.93 bits per heavy atom. The molecule has 1 aromatic carbocycles. The maximum absolute atomic E-state index is 10.6. The van der Waals surface area contributed by atoms with Crippen molar-refractivity contribution in [3.8, 4) is 5.19 Å². The second kappa shape index (κ2) is 3.86. The lowest BCUT2D eigenvalue weighted by molar-refractivity contribution is -0.144. The highest BCUT2D eigenvalue weighted by molar-refractivity contribution is 7.20. The highest BCUT2D eigenvalue weighted by Gasteiger charge is 2.14. The predicted octanol–water partition coefficient (Wildman–Crippen LogP) is 2.15. The van der Waals surface area contributed by atoms with Gasteiger partial charge in [-0.2, -0.15) is 0 Å². The summed E-state index contributed by atoms with van der Waals surface area (Å²) in [5, 5.41) is 9.06. The Bertz CT molecular complexity index is 461. The molecule has 0 aliphatic heterocycles. The summed E-state index contributed by atoms with van der Waals surface area (Å²) < 4.78 is 6.16. The van der Waals surface area contributed by atoms with Crippen molar-refractivity contribution in [2.24, 2.45) is 0 Å². The Hall–Kier alpha value is -1.62. The van der Waals surface area contributed by atoms with Crippen LogP contribution in [0, 0.1) is 0 Å². The zero-order chi connectivity index (χ0) is 10.8. The number of aromatic nitrogens is 1. The minimum absolute atomic E-state index is 0.395. The topological polar surface area (TPSA) is 59.4 Å². The van der Waals surface area contributed by atoms with E-state index in [0.29, 0.717) is 5.19 Å². The molecule has 1 aromatic heterocycles. The van der Waals surface area contributed by atoms with Crippen LogP contribution in [0.2, 0.25) is 0 Å². The van der Waals surface area contributed by atoms with E-state index in [-0.39, 0.29) is 0 Å². The summed E-state index contributed by atoms with van der Waals surface area (Å²) in [6.45, 7) is 1.48. The van der Waals surface area contributed by atoms with E-state index in [1.807, 2.05) is 24.3 Å². The predicted molar refractivity (Wildman–Crippen MR) is 57.3 cm³/mol. The molecule has 0 bridgehead atoms. The standard InChI is InChI=1S/C10H9NO3S/c1-6(9(12)13)14-10-11-7-4-2-3-5-8(7)15-10/h2-6H,1H3,(H,12,13). The van der Waals surface area contributed by atoms with Crippen LogP contribution in [0.1, 0.15) is 6.92 Å². The van der Waals surface area contributed by atoms with E-state index in [2.05, 4.69) is 4.98 Å². The quantitative estimate of drug-likeness (QED) is 0.866. The van der Waals surface area contributed by atoms with Crippen molar-refractivity contribution >= 4 is 27.5 Å². The molecule has 0 aliphatic rings. The normalized spacial score (nSPS) is 12.6. The van der Waals surface area contributed by atoms with Gasteiger partial charge in [-0.05, 0) is 19.1 Å². The molecule has 15 heavy (non-hydrogen) atoms. The maximum Gasteiger partial charge on any atom is 0.344 e. The van der Waals surface area contributed by atoms with Crippen LogP contribution in [0.3, 0.4) is 0 Å². The molecule has 78 valence electrons. The first kappa shape index (κ1) is 9.92. The number of hydrogen-bond acceptors (Lipinski definition) is 4. The average Bonchev–Trinajstić information content (AvgIpc) is 2.59. The number of nitrogens with zero attached hydrogens (tertiary/aromatic N) is 1. The van der Waals surface area contributed by atoms with Crippen molar-refractivity contribution in [3.63, 3.8) is 0 Å². The van der Waals surface area contributed by atoms with Gasteiger partial charge >= 0.3 is 5.97 Å². The number of para-hydroxylation sites is 1. The first-order valence-electron chi connectivity index (χ1n) is 4.42. The first-order chi connectivity index (χ1) is 7.16. The summed E-state index contributed by atoms with van der Waals surface area (Å²) in [6.07, 6.45) is -0.870. The molecular weight excluding hydrogens is 214 g/mol. The van der Waals surface area contributed by atoms with Crippen LogP contribution >= 0.6 is 11.3 Å². The Morgan fingerprint density at radius 2 is 2.27 bits per heavy atom. The lowest BCUT2D eigenvalue weighted by Gasteiger charge is -2.05. The van der Waals surface area contributed by atoms with Gasteiger partial charge < -0.3 is 9.84 Å². The Morgan fingerprint density at radius 1 is 1.53 bits per heavy atom. The van der Waals surface area contributed by atoms with Gasteiger partial charge in [0.25, 0.3) is 5.19 Å². The van der Waals surface area contributed by atoms with Gasteiger partial charge in [-0.25, -0.2) is 9.78 Å². The van der Waals surface area contributed by atoms with Gasteiger partial charge in [0.1, 0.15) is 0 Å². The molecule has 0 amide bonds. The number of ether oxygens (including phenoxy) is 1. The van der Waals surface area contributed by atoms with Gasteiger partial charge in [0.05, 0.1) is 10.2 Å². The zero-order valence-corrected chi connectivity index (χ0v) is 8.82. The van der Waals surface area contributed by atoms with E-state index in [9.17, 15) is 4.79 Å². The molecule has 0 saturated carbocycles. The van der Waals surface area contributed by atoms with Crippen molar-refractivity contribution in [3.05, 3.63) is 24.3 Å². The van der Waals surface area contributed by atoms with Gasteiger partial charge in [0.15, 0.2) is 6.10 Å². The molecule has 1 unspecified atom stereocenters. The van der Waals surface area contributed by atoms with Crippen molar-refractivity contribution < 1.29 is 14.6 Å². The summed E-state index contributed by atoms with van der Waals surface area (Å²) in [5.41, 5.74) is 0.829. The third-order valence-corrected chi connectivity index (χ3v) is 2.83. The lowest BCUT2D eigenvalue weighted by atomic mass is 10.3. The third kappa shape index (κ3) is 2.07. The largest absolute Gasteiger partial charge is 0.479 e. The van der Waals surface area contributed by atoms with Crippen molar-refractivity contribution in [1.82, 2.24) is 4.98 Å². The van der Waals surface area contributed by atoms with E-state index < -0.39 is 12.1 Å². The number of benzene rings is 1. The summed E-state index contributed by atoms with van der Waals surface area (Å²) in [5.74, 6) is -0.991. The molecule has 1 heterocycles. The molecule has 0 saturated heterocycles. The van der Waals surface area contributed by atoms with Crippen LogP contribution in [0.5, 0.6) is 5.19 Å². The molecule has 1 atom stereocenters. The van der Waals surface area contributed by atoms with Crippen LogP contribution in [0.15, 0.2) is 24.3 Å². The second-order valence-corrected chi connectivity index (χ2v) is 4.04. The van der Waals surface area contributed by atoms with Gasteiger partial charge in [-0.15, -0.1) is 0 Å². The third-order valence-electron chi connectivity index (χ3n) is 1.90. The zero-order valence-electron chi connectivity index (χ0n) is 8.01. The number of rotatable bonds is 3. The van der Waals surface area contributed by atoms with E-state index in [1.165, 1.54) is 18.3 Å². The molecule has 0 spiro atoms. The summed E-state index contributed by atoms with van der Waals surface area (Å²) in [6, 6.07) is 7.58. The van der Waals surface area contributed by atoms with Gasteiger partial charge in [0, 0.05) is 0 Å². The number of carboxylic acid groups (broad SMARTS) is 1.